The molecule has 1 aromatic heterocycles. The molecule has 0 amide bonds. The molecule has 0 saturated carbocycles. The molecular formula is C12H21N3O. The molecule has 1 aliphatic rings. The van der Waals surface area contributed by atoms with Gasteiger partial charge in [-0.05, 0) is 45.2 Å². The third-order valence-corrected chi connectivity index (χ3v) is 3.40. The molecule has 90 valence electrons. The molecule has 0 aromatic carbocycles. The minimum absolute atomic E-state index is 0.0514. The average Bonchev–Trinajstić information content (AvgIpc) is 2.87. The fourth-order valence-corrected chi connectivity index (χ4v) is 2.39. The van der Waals surface area contributed by atoms with E-state index in [4.69, 9.17) is 5.11 Å². The number of likely N-dealkylation sites (tertiary alicyclic amines) is 1. The summed E-state index contributed by atoms with van der Waals surface area (Å²) in [6.07, 6.45) is 2.29. The summed E-state index contributed by atoms with van der Waals surface area (Å²) in [5.74, 6) is 0.720. The normalized spacial score (nSPS) is 22.1. The highest BCUT2D eigenvalue weighted by molar-refractivity contribution is 5.08. The van der Waals surface area contributed by atoms with Crippen molar-refractivity contribution >= 4 is 0 Å². The third kappa shape index (κ3) is 2.62. The topological polar surface area (TPSA) is 52.1 Å². The zero-order valence-electron chi connectivity index (χ0n) is 10.1. The van der Waals surface area contributed by atoms with Crippen molar-refractivity contribution in [3.63, 3.8) is 0 Å². The molecule has 1 aliphatic heterocycles. The van der Waals surface area contributed by atoms with E-state index in [0.717, 1.165) is 23.7 Å². The van der Waals surface area contributed by atoms with Crippen LogP contribution in [0.1, 0.15) is 31.7 Å². The number of nitrogens with one attached hydrogen (secondary N) is 1. The molecule has 0 aliphatic carbocycles. The van der Waals surface area contributed by atoms with E-state index in [-0.39, 0.29) is 6.61 Å². The summed E-state index contributed by atoms with van der Waals surface area (Å²) in [5.41, 5.74) is 1.90. The van der Waals surface area contributed by atoms with E-state index in [9.17, 15) is 0 Å². The number of aromatic amines is 1. The Kier molecular flexibility index (Phi) is 3.61. The van der Waals surface area contributed by atoms with Gasteiger partial charge in [0, 0.05) is 12.6 Å². The number of hydrogen-bond donors (Lipinski definition) is 2. The maximum Gasteiger partial charge on any atom is 0.0847 e. The van der Waals surface area contributed by atoms with Crippen LogP contribution >= 0.6 is 0 Å². The van der Waals surface area contributed by atoms with E-state index in [1.54, 1.807) is 0 Å². The molecule has 16 heavy (non-hydrogen) atoms. The highest BCUT2D eigenvalue weighted by Crippen LogP contribution is 2.21. The number of rotatable bonds is 4. The molecule has 4 heteroatoms. The average molecular weight is 223 g/mol. The van der Waals surface area contributed by atoms with E-state index in [1.165, 1.54) is 19.5 Å². The molecule has 4 nitrogen and oxygen atoms in total. The van der Waals surface area contributed by atoms with E-state index in [2.05, 4.69) is 28.9 Å². The van der Waals surface area contributed by atoms with Gasteiger partial charge in [-0.1, -0.05) is 0 Å². The summed E-state index contributed by atoms with van der Waals surface area (Å²) in [4.78, 5) is 2.52. The van der Waals surface area contributed by atoms with Crippen LogP contribution in [0.5, 0.6) is 0 Å². The van der Waals surface area contributed by atoms with Crippen LogP contribution in [0, 0.1) is 5.92 Å². The van der Waals surface area contributed by atoms with Gasteiger partial charge in [-0.15, -0.1) is 0 Å². The smallest absolute Gasteiger partial charge is 0.0847 e. The van der Waals surface area contributed by atoms with Crippen molar-refractivity contribution in [2.45, 2.75) is 39.3 Å². The Balaban J connectivity index is 1.87. The lowest BCUT2D eigenvalue weighted by Gasteiger charge is -2.19. The van der Waals surface area contributed by atoms with Crippen molar-refractivity contribution in [2.24, 2.45) is 5.92 Å². The third-order valence-electron chi connectivity index (χ3n) is 3.40. The van der Waals surface area contributed by atoms with Crippen LogP contribution in [0.3, 0.4) is 0 Å². The molecule has 2 rings (SSSR count). The number of aromatic nitrogens is 2. The first-order valence-corrected chi connectivity index (χ1v) is 6.07. The number of aliphatic hydroxyl groups excluding tert-OH is 1. The quantitative estimate of drug-likeness (QED) is 0.805. The van der Waals surface area contributed by atoms with Gasteiger partial charge in [-0.2, -0.15) is 5.10 Å². The highest BCUT2D eigenvalue weighted by Gasteiger charge is 2.24. The Bertz CT molecular complexity index is 335. The first-order valence-electron chi connectivity index (χ1n) is 6.07. The lowest BCUT2D eigenvalue weighted by molar-refractivity contribution is 0.264. The van der Waals surface area contributed by atoms with Crippen molar-refractivity contribution in [3.05, 3.63) is 17.5 Å². The first-order chi connectivity index (χ1) is 7.69. The lowest BCUT2D eigenvalue weighted by atomic mass is 10.0. The van der Waals surface area contributed by atoms with Gasteiger partial charge in [-0.3, -0.25) is 5.10 Å². The molecule has 1 atom stereocenters. The van der Waals surface area contributed by atoms with E-state index >= 15 is 0 Å². The van der Waals surface area contributed by atoms with Gasteiger partial charge in [-0.25, -0.2) is 0 Å². The fraction of sp³-hybridized carbons (Fsp3) is 0.750. The Morgan fingerprint density at radius 2 is 2.44 bits per heavy atom. The minimum atomic E-state index is 0.0514. The van der Waals surface area contributed by atoms with Gasteiger partial charge in [0.1, 0.15) is 0 Å². The summed E-state index contributed by atoms with van der Waals surface area (Å²) in [6.45, 7) is 6.94. The summed E-state index contributed by atoms with van der Waals surface area (Å²) in [5, 5.41) is 16.0. The number of hydrogen-bond acceptors (Lipinski definition) is 3. The zero-order valence-corrected chi connectivity index (χ0v) is 10.1. The van der Waals surface area contributed by atoms with Gasteiger partial charge in [0.25, 0.3) is 0 Å². The zero-order chi connectivity index (χ0) is 11.5. The largest absolute Gasteiger partial charge is 0.390 e. The lowest BCUT2D eigenvalue weighted by Crippen LogP contribution is -2.28. The predicted molar refractivity (Wildman–Crippen MR) is 63.0 cm³/mol. The molecule has 0 bridgehead atoms. The van der Waals surface area contributed by atoms with Crippen molar-refractivity contribution in [3.8, 4) is 0 Å². The number of H-pyrrole nitrogens is 1. The molecule has 0 spiro atoms. The molecule has 1 unspecified atom stereocenters. The molecule has 2 heterocycles. The van der Waals surface area contributed by atoms with Gasteiger partial charge in [0.2, 0.25) is 0 Å². The van der Waals surface area contributed by atoms with E-state index < -0.39 is 0 Å². The second-order valence-electron chi connectivity index (χ2n) is 4.99. The van der Waals surface area contributed by atoms with Crippen LogP contribution in [-0.2, 0) is 13.0 Å². The Morgan fingerprint density at radius 1 is 1.62 bits per heavy atom. The SMILES string of the molecule is CC(C)N1CCC(Cc2cc(CO)[nH]n2)C1. The van der Waals surface area contributed by atoms with Crippen LogP contribution in [0.15, 0.2) is 6.07 Å². The van der Waals surface area contributed by atoms with Crippen LogP contribution in [-0.4, -0.2) is 39.3 Å². The van der Waals surface area contributed by atoms with Crippen LogP contribution in [0.4, 0.5) is 0 Å². The van der Waals surface area contributed by atoms with Crippen LogP contribution in [0.25, 0.3) is 0 Å². The van der Waals surface area contributed by atoms with Gasteiger partial charge >= 0.3 is 0 Å². The Labute approximate surface area is 96.7 Å². The summed E-state index contributed by atoms with van der Waals surface area (Å²) >= 11 is 0. The minimum Gasteiger partial charge on any atom is -0.390 e. The highest BCUT2D eigenvalue weighted by atomic mass is 16.3. The van der Waals surface area contributed by atoms with Gasteiger partial charge in [0.15, 0.2) is 0 Å². The second kappa shape index (κ2) is 4.97. The van der Waals surface area contributed by atoms with Gasteiger partial charge in [0.05, 0.1) is 18.0 Å². The van der Waals surface area contributed by atoms with E-state index in [0.29, 0.717) is 6.04 Å². The summed E-state index contributed by atoms with van der Waals surface area (Å²) in [6, 6.07) is 2.62. The Morgan fingerprint density at radius 3 is 3.00 bits per heavy atom. The predicted octanol–water partition coefficient (Wildman–Crippen LogP) is 1.17. The standard InChI is InChI=1S/C12H21N3O/c1-9(2)15-4-3-10(7-15)5-11-6-12(8-16)14-13-11/h6,9-10,16H,3-5,7-8H2,1-2H3,(H,13,14). The summed E-state index contributed by atoms with van der Waals surface area (Å²) in [7, 11) is 0. The summed E-state index contributed by atoms with van der Waals surface area (Å²) < 4.78 is 0. The van der Waals surface area contributed by atoms with Crippen molar-refractivity contribution in [2.75, 3.05) is 13.1 Å². The molecule has 1 fully saturated rings. The van der Waals surface area contributed by atoms with Crippen molar-refractivity contribution in [1.29, 1.82) is 0 Å². The second-order valence-corrected chi connectivity index (χ2v) is 4.99. The maximum atomic E-state index is 8.95. The Hall–Kier alpha value is -0.870. The fourth-order valence-electron chi connectivity index (χ4n) is 2.39. The first kappa shape index (κ1) is 11.6. The number of nitrogens with zero attached hydrogens (tertiary/aromatic N) is 2. The molecule has 2 N–H and O–H groups in total. The molecule has 1 aromatic rings. The van der Waals surface area contributed by atoms with E-state index in [1.807, 2.05) is 6.07 Å². The molecular weight excluding hydrogens is 202 g/mol. The maximum absolute atomic E-state index is 8.95. The molecule has 1 saturated heterocycles. The monoisotopic (exact) mass is 223 g/mol. The van der Waals surface area contributed by atoms with Crippen molar-refractivity contribution in [1.82, 2.24) is 15.1 Å². The number of aliphatic hydroxyl groups is 1. The van der Waals surface area contributed by atoms with Crippen molar-refractivity contribution < 1.29 is 5.11 Å². The van der Waals surface area contributed by atoms with Crippen LogP contribution < -0.4 is 0 Å². The van der Waals surface area contributed by atoms with Crippen LogP contribution in [0.2, 0.25) is 0 Å². The molecule has 0 radical (unpaired) electrons. The van der Waals surface area contributed by atoms with Gasteiger partial charge < -0.3 is 10.0 Å².